The highest BCUT2D eigenvalue weighted by molar-refractivity contribution is 6.42. The number of hydrogen-bond acceptors (Lipinski definition) is 4. The molecule has 0 unspecified atom stereocenters. The van der Waals surface area contributed by atoms with Crippen molar-refractivity contribution in [2.24, 2.45) is 28.7 Å². The smallest absolute Gasteiger partial charge is 0.224 e. The predicted molar refractivity (Wildman–Crippen MR) is 86.5 cm³/mol. The quantitative estimate of drug-likeness (QED) is 0.866. The van der Waals surface area contributed by atoms with E-state index in [2.05, 4.69) is 6.07 Å². The Hall–Kier alpha value is -1.32. The molecule has 5 nitrogen and oxygen atoms in total. The maximum Gasteiger partial charge on any atom is 0.224 e. The zero-order valence-electron chi connectivity index (χ0n) is 12.6. The minimum Gasteiger partial charge on any atom is -0.370 e. The predicted octanol–water partition coefficient (Wildman–Crippen LogP) is 2.24. The first-order valence-corrected chi connectivity index (χ1v) is 8.06. The van der Waals surface area contributed by atoms with Crippen LogP contribution in [0.3, 0.4) is 0 Å². The van der Waals surface area contributed by atoms with Gasteiger partial charge in [0, 0.05) is 5.92 Å². The fourth-order valence-electron chi connectivity index (χ4n) is 3.95. The summed E-state index contributed by atoms with van der Waals surface area (Å²) in [4.78, 5) is 11.6. The molecule has 1 aromatic rings. The molecule has 2 aliphatic rings. The summed E-state index contributed by atoms with van der Waals surface area (Å²) in [6.07, 6.45) is 0.111. The topological polar surface area (TPSA) is 102 Å². The highest BCUT2D eigenvalue weighted by atomic mass is 35.5. The molecule has 0 aliphatic heterocycles. The van der Waals surface area contributed by atoms with Crippen LogP contribution in [0.1, 0.15) is 18.9 Å². The minimum atomic E-state index is -1.20. The SMILES string of the molecule is C[C@]1(C(N)=O)[C@@H]2C[C@@H](OCc3ccc(Cl)c(Cl)c3)[C@@](N)(C#N)[C@@H]21. The number of primary amides is 1. The average molecular weight is 354 g/mol. The Balaban J connectivity index is 1.72. The van der Waals surface area contributed by atoms with Crippen LogP contribution < -0.4 is 11.5 Å². The highest BCUT2D eigenvalue weighted by Crippen LogP contribution is 2.70. The second-order valence-corrected chi connectivity index (χ2v) is 7.37. The summed E-state index contributed by atoms with van der Waals surface area (Å²) in [5, 5.41) is 10.5. The number of hydrogen-bond donors (Lipinski definition) is 2. The van der Waals surface area contributed by atoms with Gasteiger partial charge in [-0.15, -0.1) is 0 Å². The minimum absolute atomic E-state index is 0.00320. The Morgan fingerprint density at radius 3 is 2.74 bits per heavy atom. The van der Waals surface area contributed by atoms with Crippen LogP contribution in [-0.4, -0.2) is 17.6 Å². The zero-order chi connectivity index (χ0) is 17.0. The van der Waals surface area contributed by atoms with Crippen LogP contribution in [0.5, 0.6) is 0 Å². The van der Waals surface area contributed by atoms with Crippen molar-refractivity contribution in [3.63, 3.8) is 0 Å². The number of nitrogens with zero attached hydrogens (tertiary/aromatic N) is 1. The molecule has 0 aromatic heterocycles. The lowest BCUT2D eigenvalue weighted by molar-refractivity contribution is -0.124. The summed E-state index contributed by atoms with van der Waals surface area (Å²) in [7, 11) is 0. The molecule has 122 valence electrons. The van der Waals surface area contributed by atoms with Crippen LogP contribution in [0, 0.1) is 28.6 Å². The van der Waals surface area contributed by atoms with Gasteiger partial charge in [-0.1, -0.05) is 36.2 Å². The zero-order valence-corrected chi connectivity index (χ0v) is 14.1. The van der Waals surface area contributed by atoms with E-state index in [4.69, 9.17) is 39.4 Å². The van der Waals surface area contributed by atoms with Crippen molar-refractivity contribution in [3.8, 4) is 6.07 Å². The lowest BCUT2D eigenvalue weighted by Crippen LogP contribution is -2.53. The van der Waals surface area contributed by atoms with Crippen molar-refractivity contribution in [3.05, 3.63) is 33.8 Å². The van der Waals surface area contributed by atoms with Crippen molar-refractivity contribution in [2.75, 3.05) is 0 Å². The third-order valence-corrected chi connectivity index (χ3v) is 6.12. The first kappa shape index (κ1) is 16.5. The van der Waals surface area contributed by atoms with Gasteiger partial charge in [0.05, 0.1) is 34.2 Å². The van der Waals surface area contributed by atoms with E-state index >= 15 is 0 Å². The molecular weight excluding hydrogens is 337 g/mol. The second kappa shape index (κ2) is 5.35. The number of carbonyl (C=O) groups excluding carboxylic acids is 1. The van der Waals surface area contributed by atoms with Crippen molar-refractivity contribution in [2.45, 2.75) is 31.6 Å². The maximum atomic E-state index is 11.6. The largest absolute Gasteiger partial charge is 0.370 e. The van der Waals surface area contributed by atoms with Gasteiger partial charge in [0.2, 0.25) is 5.91 Å². The molecule has 2 aliphatic carbocycles. The third-order valence-electron chi connectivity index (χ3n) is 5.38. The highest BCUT2D eigenvalue weighted by Gasteiger charge is 2.78. The first-order chi connectivity index (χ1) is 10.7. The van der Waals surface area contributed by atoms with Gasteiger partial charge in [-0.3, -0.25) is 4.79 Å². The van der Waals surface area contributed by atoms with Crippen LogP contribution in [0.4, 0.5) is 0 Å². The first-order valence-electron chi connectivity index (χ1n) is 7.30. The molecule has 1 amide bonds. The number of ether oxygens (including phenoxy) is 1. The number of nitriles is 1. The molecule has 23 heavy (non-hydrogen) atoms. The molecule has 0 heterocycles. The third kappa shape index (κ3) is 2.33. The van der Waals surface area contributed by atoms with Gasteiger partial charge in [-0.2, -0.15) is 5.26 Å². The number of carbonyl (C=O) groups is 1. The van der Waals surface area contributed by atoms with Gasteiger partial charge in [0.15, 0.2) is 0 Å². The number of amides is 1. The molecule has 7 heteroatoms. The van der Waals surface area contributed by atoms with Gasteiger partial charge in [-0.05, 0) is 30.0 Å². The summed E-state index contributed by atoms with van der Waals surface area (Å²) in [6, 6.07) is 7.37. The van der Waals surface area contributed by atoms with E-state index in [1.165, 1.54) is 0 Å². The molecule has 3 rings (SSSR count). The molecular formula is C16H17Cl2N3O2. The monoisotopic (exact) mass is 353 g/mol. The van der Waals surface area contributed by atoms with Gasteiger partial charge >= 0.3 is 0 Å². The van der Waals surface area contributed by atoms with Crippen molar-refractivity contribution in [1.82, 2.24) is 0 Å². The summed E-state index contributed by atoms with van der Waals surface area (Å²) < 4.78 is 5.86. The van der Waals surface area contributed by atoms with Crippen molar-refractivity contribution >= 4 is 29.1 Å². The Morgan fingerprint density at radius 2 is 2.17 bits per heavy atom. The lowest BCUT2D eigenvalue weighted by Gasteiger charge is -2.31. The van der Waals surface area contributed by atoms with E-state index in [-0.39, 0.29) is 18.4 Å². The van der Waals surface area contributed by atoms with Gasteiger partial charge in [0.25, 0.3) is 0 Å². The van der Waals surface area contributed by atoms with Gasteiger partial charge < -0.3 is 16.2 Å². The number of rotatable bonds is 4. The van der Waals surface area contributed by atoms with Crippen LogP contribution >= 0.6 is 23.2 Å². The van der Waals surface area contributed by atoms with E-state index in [9.17, 15) is 10.1 Å². The van der Waals surface area contributed by atoms with E-state index in [1.807, 2.05) is 6.07 Å². The molecule has 2 fully saturated rings. The molecule has 5 atom stereocenters. The number of benzene rings is 1. The number of halogens is 2. The molecule has 0 radical (unpaired) electrons. The van der Waals surface area contributed by atoms with Gasteiger partial charge in [-0.25, -0.2) is 0 Å². The maximum absolute atomic E-state index is 11.6. The van der Waals surface area contributed by atoms with E-state index in [1.54, 1.807) is 19.1 Å². The summed E-state index contributed by atoms with van der Waals surface area (Å²) in [5.41, 5.74) is 10.7. The Kier molecular flexibility index (Phi) is 3.85. The number of fused-ring (bicyclic) bond motifs is 1. The Morgan fingerprint density at radius 1 is 1.48 bits per heavy atom. The summed E-state index contributed by atoms with van der Waals surface area (Å²) >= 11 is 11.9. The normalized spacial score (nSPS) is 38.0. The van der Waals surface area contributed by atoms with Crippen LogP contribution in [0.15, 0.2) is 18.2 Å². The van der Waals surface area contributed by atoms with E-state index in [0.29, 0.717) is 16.5 Å². The molecule has 0 spiro atoms. The van der Waals surface area contributed by atoms with Crippen molar-refractivity contribution in [1.29, 1.82) is 5.26 Å². The van der Waals surface area contributed by atoms with Crippen LogP contribution in [0.25, 0.3) is 0 Å². The van der Waals surface area contributed by atoms with Gasteiger partial charge in [0.1, 0.15) is 5.54 Å². The Labute approximate surface area is 144 Å². The molecule has 2 saturated carbocycles. The van der Waals surface area contributed by atoms with E-state index < -0.39 is 23.0 Å². The summed E-state index contributed by atoms with van der Waals surface area (Å²) in [6.45, 7) is 2.05. The summed E-state index contributed by atoms with van der Waals surface area (Å²) in [5.74, 6) is -0.653. The van der Waals surface area contributed by atoms with Crippen LogP contribution in [-0.2, 0) is 16.1 Å². The molecule has 1 aromatic carbocycles. The second-order valence-electron chi connectivity index (χ2n) is 6.56. The standard InChI is InChI=1S/C16H17Cl2N3O2/c1-15(14(20)22)9-5-12(16(21,7-19)13(9)15)23-6-8-2-3-10(17)11(18)4-8/h2-4,9,12-13H,5-6,21H2,1H3,(H2,20,22)/t9-,12-,13+,15+,16+/m1/s1. The molecule has 4 N–H and O–H groups in total. The molecule has 0 bridgehead atoms. The molecule has 0 saturated heterocycles. The van der Waals surface area contributed by atoms with Crippen LogP contribution in [0.2, 0.25) is 10.0 Å². The average Bonchev–Trinajstić information content (AvgIpc) is 2.99. The fraction of sp³-hybridized carbons (Fsp3) is 0.500. The van der Waals surface area contributed by atoms with E-state index in [0.717, 1.165) is 5.56 Å². The number of nitrogens with two attached hydrogens (primary N) is 2. The fourth-order valence-corrected chi connectivity index (χ4v) is 4.27. The Bertz CT molecular complexity index is 720. The van der Waals surface area contributed by atoms with Crippen molar-refractivity contribution < 1.29 is 9.53 Å². The lowest BCUT2D eigenvalue weighted by atomic mass is 9.84.